The molecule has 1 unspecified atom stereocenters. The normalized spacial score (nSPS) is 20.6. The van der Waals surface area contributed by atoms with Gasteiger partial charge in [-0.2, -0.15) is 0 Å². The summed E-state index contributed by atoms with van der Waals surface area (Å²) in [6.07, 6.45) is 6.93. The zero-order valence-corrected chi connectivity index (χ0v) is 18.0. The Morgan fingerprint density at radius 1 is 1.03 bits per heavy atom. The zero-order valence-electron chi connectivity index (χ0n) is 18.0. The third kappa shape index (κ3) is 5.11. The van der Waals surface area contributed by atoms with Crippen molar-refractivity contribution < 1.29 is 4.79 Å². The maximum Gasteiger partial charge on any atom is 0.318 e. The van der Waals surface area contributed by atoms with Crippen molar-refractivity contribution in [3.63, 3.8) is 0 Å². The second-order valence-electron chi connectivity index (χ2n) is 8.46. The average molecular weight is 408 g/mol. The Hall–Kier alpha value is -2.60. The van der Waals surface area contributed by atoms with E-state index in [-0.39, 0.29) is 12.1 Å². The van der Waals surface area contributed by atoms with Gasteiger partial charge in [0.15, 0.2) is 0 Å². The van der Waals surface area contributed by atoms with Crippen molar-refractivity contribution >= 4 is 11.8 Å². The fourth-order valence-corrected chi connectivity index (χ4v) is 4.45. The molecule has 0 radical (unpaired) electrons. The molecule has 2 fully saturated rings. The van der Waals surface area contributed by atoms with E-state index in [2.05, 4.69) is 45.3 Å². The molecule has 0 spiro atoms. The van der Waals surface area contributed by atoms with Gasteiger partial charge in [0.2, 0.25) is 0 Å². The summed E-state index contributed by atoms with van der Waals surface area (Å²) in [6, 6.07) is 14.5. The smallest absolute Gasteiger partial charge is 0.318 e. The maximum absolute atomic E-state index is 13.1. The van der Waals surface area contributed by atoms with Gasteiger partial charge < -0.3 is 20.0 Å². The number of carbonyl (C=O) groups excluding carboxylic acids is 1. The van der Waals surface area contributed by atoms with Gasteiger partial charge in [-0.05, 0) is 43.1 Å². The highest BCUT2D eigenvalue weighted by Gasteiger charge is 2.30. The van der Waals surface area contributed by atoms with Crippen LogP contribution in [0.1, 0.15) is 42.9 Å². The number of nitrogens with one attached hydrogen (secondary N) is 1. The molecule has 30 heavy (non-hydrogen) atoms. The van der Waals surface area contributed by atoms with Crippen LogP contribution in [0.15, 0.2) is 48.7 Å². The van der Waals surface area contributed by atoms with Gasteiger partial charge in [-0.25, -0.2) is 9.78 Å². The van der Waals surface area contributed by atoms with Gasteiger partial charge >= 0.3 is 6.03 Å². The summed E-state index contributed by atoms with van der Waals surface area (Å²) in [4.78, 5) is 24.3. The Morgan fingerprint density at radius 2 is 1.80 bits per heavy atom. The molecule has 1 aromatic heterocycles. The first-order valence-corrected chi connectivity index (χ1v) is 11.2. The number of anilines is 1. The van der Waals surface area contributed by atoms with E-state index in [9.17, 15) is 4.79 Å². The number of carbonyl (C=O) groups is 1. The number of urea groups is 1. The number of likely N-dealkylation sites (N-methyl/N-ethyl adjacent to an activating group) is 1. The Morgan fingerprint density at radius 3 is 2.57 bits per heavy atom. The monoisotopic (exact) mass is 407 g/mol. The Labute approximate surface area is 179 Å². The molecule has 6 heteroatoms. The van der Waals surface area contributed by atoms with Gasteiger partial charge in [-0.3, -0.25) is 0 Å². The van der Waals surface area contributed by atoms with E-state index >= 15 is 0 Å². The number of amides is 2. The lowest BCUT2D eigenvalue weighted by molar-refractivity contribution is 0.108. The molecule has 2 amide bonds. The zero-order chi connectivity index (χ0) is 20.8. The lowest BCUT2D eigenvalue weighted by Gasteiger charge is -2.40. The molecule has 0 saturated carbocycles. The van der Waals surface area contributed by atoms with Gasteiger partial charge in [0, 0.05) is 45.5 Å². The van der Waals surface area contributed by atoms with Crippen molar-refractivity contribution in [1.82, 2.24) is 20.1 Å². The average Bonchev–Trinajstić information content (AvgIpc) is 3.08. The molecule has 6 nitrogen and oxygen atoms in total. The van der Waals surface area contributed by atoms with Crippen LogP contribution in [0.25, 0.3) is 0 Å². The van der Waals surface area contributed by atoms with E-state index in [1.54, 1.807) is 0 Å². The highest BCUT2D eigenvalue weighted by Crippen LogP contribution is 2.25. The third-order valence-electron chi connectivity index (χ3n) is 6.21. The highest BCUT2D eigenvalue weighted by molar-refractivity contribution is 5.75. The van der Waals surface area contributed by atoms with Gasteiger partial charge in [-0.1, -0.05) is 43.2 Å². The van der Waals surface area contributed by atoms with Crippen molar-refractivity contribution in [3.05, 3.63) is 59.8 Å². The van der Waals surface area contributed by atoms with Crippen LogP contribution in [0.2, 0.25) is 0 Å². The van der Waals surface area contributed by atoms with Crippen LogP contribution in [-0.2, 0) is 6.54 Å². The van der Waals surface area contributed by atoms with Crippen molar-refractivity contribution in [3.8, 4) is 0 Å². The van der Waals surface area contributed by atoms with E-state index in [0.29, 0.717) is 6.54 Å². The molecule has 160 valence electrons. The second kappa shape index (κ2) is 9.94. The molecule has 0 aliphatic carbocycles. The van der Waals surface area contributed by atoms with Crippen LogP contribution < -0.4 is 10.2 Å². The van der Waals surface area contributed by atoms with Crippen LogP contribution >= 0.6 is 0 Å². The first-order valence-electron chi connectivity index (χ1n) is 11.2. The number of hydrogen-bond acceptors (Lipinski definition) is 4. The lowest BCUT2D eigenvalue weighted by Crippen LogP contribution is -2.52. The number of hydrogen-bond donors (Lipinski definition) is 1. The first-order chi connectivity index (χ1) is 14.7. The molecule has 2 aromatic rings. The predicted octanol–water partition coefficient (Wildman–Crippen LogP) is 3.66. The molecule has 1 aromatic carbocycles. The van der Waals surface area contributed by atoms with Crippen LogP contribution in [0, 0.1) is 0 Å². The standard InChI is InChI=1S/C24H33N5O/c1-27-15-16-29(22(19-27)21-9-5-4-6-10-21)24(30)26-18-20-11-12-25-23(17-20)28-13-7-2-3-8-14-28/h4-6,9-12,17,22H,2-3,7-8,13-16,18-19H2,1H3,(H,26,30). The van der Waals surface area contributed by atoms with E-state index in [0.717, 1.165) is 44.1 Å². The summed E-state index contributed by atoms with van der Waals surface area (Å²) in [5.41, 5.74) is 2.29. The van der Waals surface area contributed by atoms with Crippen LogP contribution in [0.5, 0.6) is 0 Å². The fourth-order valence-electron chi connectivity index (χ4n) is 4.45. The van der Waals surface area contributed by atoms with Crippen molar-refractivity contribution in [1.29, 1.82) is 0 Å². The molecule has 2 aliphatic rings. The molecule has 1 N–H and O–H groups in total. The highest BCUT2D eigenvalue weighted by atomic mass is 16.2. The summed E-state index contributed by atoms with van der Waals surface area (Å²) in [6.45, 7) is 5.15. The van der Waals surface area contributed by atoms with Gasteiger partial charge in [0.05, 0.1) is 6.04 Å². The van der Waals surface area contributed by atoms with E-state index in [1.165, 1.54) is 31.2 Å². The molecular formula is C24H33N5O. The molecule has 2 aliphatic heterocycles. The van der Waals surface area contributed by atoms with E-state index in [4.69, 9.17) is 0 Å². The summed E-state index contributed by atoms with van der Waals surface area (Å²) in [7, 11) is 2.12. The van der Waals surface area contributed by atoms with Crippen LogP contribution in [0.3, 0.4) is 0 Å². The molecule has 0 bridgehead atoms. The number of pyridine rings is 1. The van der Waals surface area contributed by atoms with Crippen LogP contribution in [0.4, 0.5) is 10.6 Å². The Balaban J connectivity index is 1.40. The number of piperazine rings is 1. The summed E-state index contributed by atoms with van der Waals surface area (Å²) >= 11 is 0. The largest absolute Gasteiger partial charge is 0.357 e. The van der Waals surface area contributed by atoms with Gasteiger partial charge in [0.1, 0.15) is 5.82 Å². The number of aromatic nitrogens is 1. The first kappa shape index (κ1) is 20.7. The van der Waals surface area contributed by atoms with E-state index < -0.39 is 0 Å². The van der Waals surface area contributed by atoms with Crippen molar-refractivity contribution in [2.45, 2.75) is 38.3 Å². The Bertz CT molecular complexity index is 819. The molecule has 2 saturated heterocycles. The quantitative estimate of drug-likeness (QED) is 0.840. The van der Waals surface area contributed by atoms with Crippen molar-refractivity contribution in [2.24, 2.45) is 0 Å². The molecule has 3 heterocycles. The van der Waals surface area contributed by atoms with E-state index in [1.807, 2.05) is 35.4 Å². The summed E-state index contributed by atoms with van der Waals surface area (Å²) in [5, 5.41) is 3.15. The maximum atomic E-state index is 13.1. The van der Waals surface area contributed by atoms with Gasteiger partial charge in [-0.15, -0.1) is 0 Å². The molecule has 4 rings (SSSR count). The third-order valence-corrected chi connectivity index (χ3v) is 6.21. The lowest BCUT2D eigenvalue weighted by atomic mass is 10.0. The minimum absolute atomic E-state index is 0.00471. The van der Waals surface area contributed by atoms with Crippen LogP contribution in [-0.4, -0.2) is 60.6 Å². The molecular weight excluding hydrogens is 374 g/mol. The minimum Gasteiger partial charge on any atom is -0.357 e. The predicted molar refractivity (Wildman–Crippen MR) is 121 cm³/mol. The topological polar surface area (TPSA) is 51.7 Å². The number of rotatable bonds is 4. The minimum atomic E-state index is 0.00471. The summed E-state index contributed by atoms with van der Waals surface area (Å²) < 4.78 is 0. The number of benzene rings is 1. The SMILES string of the molecule is CN1CCN(C(=O)NCc2ccnc(N3CCCCCC3)c2)C(c2ccccc2)C1. The van der Waals surface area contributed by atoms with Gasteiger partial charge in [0.25, 0.3) is 0 Å². The Kier molecular flexibility index (Phi) is 6.84. The summed E-state index contributed by atoms with van der Waals surface area (Å²) in [5.74, 6) is 1.03. The van der Waals surface area contributed by atoms with Crippen molar-refractivity contribution in [2.75, 3.05) is 44.7 Å². The number of nitrogens with zero attached hydrogens (tertiary/aromatic N) is 4. The molecule has 1 atom stereocenters. The second-order valence-corrected chi connectivity index (χ2v) is 8.46. The fraction of sp³-hybridized carbons (Fsp3) is 0.500.